The van der Waals surface area contributed by atoms with E-state index < -0.39 is 23.5 Å². The van der Waals surface area contributed by atoms with Gasteiger partial charge in [-0.15, -0.1) is 0 Å². The van der Waals surface area contributed by atoms with Gasteiger partial charge in [-0.1, -0.05) is 15.5 Å². The van der Waals surface area contributed by atoms with Crippen molar-refractivity contribution in [1.82, 2.24) is 19.9 Å². The average molecular weight is 571 g/mol. The Morgan fingerprint density at radius 3 is 2.57 bits per heavy atom. The van der Waals surface area contributed by atoms with E-state index >= 15 is 0 Å². The molecule has 2 N–H and O–H groups in total. The topological polar surface area (TPSA) is 136 Å². The molecule has 0 atom stereocenters. The van der Waals surface area contributed by atoms with Crippen LogP contribution in [0.15, 0.2) is 30.5 Å². The number of ether oxygens (including phenoxy) is 1. The van der Waals surface area contributed by atoms with Crippen molar-refractivity contribution >= 4 is 57.8 Å². The molecule has 0 fully saturated rings. The predicted octanol–water partition coefficient (Wildman–Crippen LogP) is 3.85. The van der Waals surface area contributed by atoms with Gasteiger partial charge in [0.1, 0.15) is 23.3 Å². The number of pyridine rings is 1. The first-order valence-electron chi connectivity index (χ1n) is 11.0. The van der Waals surface area contributed by atoms with Crippen molar-refractivity contribution in [3.05, 3.63) is 46.6 Å². The van der Waals surface area contributed by atoms with Gasteiger partial charge in [-0.3, -0.25) is 0 Å². The van der Waals surface area contributed by atoms with Crippen LogP contribution in [0.25, 0.3) is 0 Å². The van der Waals surface area contributed by atoms with Gasteiger partial charge in [-0.2, -0.15) is 13.4 Å². The highest BCUT2D eigenvalue weighted by Gasteiger charge is 2.23. The number of likely N-dealkylation sites (N-methyl/N-ethyl adjacent to an activating group) is 1. The molecule has 0 saturated heterocycles. The van der Waals surface area contributed by atoms with Crippen LogP contribution in [-0.2, 0) is 28.0 Å². The standard InChI is InChI=1S/C22H25ClFN6O5PS/c1-30-8-7-13-10-18(34-2)17(9-14(13)12-30)27-22-25-11-15(23)20(29-22)26-16-5-6-19(35-37(24,32)33)28-21(16)36(3,4)31/h5-6,9-11H,7-8,12H2,1-4H3,(H2,25,26,27,29). The SMILES string of the molecule is COc1cc2c(cc1Nc1ncc(Cl)c(Nc3ccc(OS(=O)(=O)F)nc3P(C)(C)=O)n1)CN(C)CC2. The third kappa shape index (κ3) is 6.67. The molecule has 0 radical (unpaired) electrons. The molecule has 3 heterocycles. The zero-order valence-corrected chi connectivity index (χ0v) is 22.9. The molecule has 37 heavy (non-hydrogen) atoms. The van der Waals surface area contributed by atoms with E-state index in [0.717, 1.165) is 25.6 Å². The van der Waals surface area contributed by atoms with Gasteiger partial charge in [-0.05, 0) is 56.1 Å². The Balaban J connectivity index is 1.66. The van der Waals surface area contributed by atoms with Gasteiger partial charge in [0.05, 0.1) is 24.7 Å². The molecule has 11 nitrogen and oxygen atoms in total. The van der Waals surface area contributed by atoms with Crippen LogP contribution in [0.4, 0.5) is 27.0 Å². The smallest absolute Gasteiger partial charge is 0.490 e. The summed E-state index contributed by atoms with van der Waals surface area (Å²) in [5, 5.41) is 6.27. The Labute approximate surface area is 219 Å². The Bertz CT molecular complexity index is 1500. The van der Waals surface area contributed by atoms with Crippen LogP contribution in [0.1, 0.15) is 11.1 Å². The van der Waals surface area contributed by atoms with Gasteiger partial charge in [-0.25, -0.2) is 9.97 Å². The highest BCUT2D eigenvalue weighted by atomic mass is 35.5. The van der Waals surface area contributed by atoms with Crippen LogP contribution in [-0.4, -0.2) is 62.3 Å². The minimum atomic E-state index is -5.30. The molecule has 1 aliphatic rings. The number of hydrogen-bond acceptors (Lipinski definition) is 11. The van der Waals surface area contributed by atoms with Gasteiger partial charge in [0.2, 0.25) is 11.8 Å². The second kappa shape index (κ2) is 10.4. The van der Waals surface area contributed by atoms with Crippen LogP contribution in [0.3, 0.4) is 0 Å². The first kappa shape index (κ1) is 27.1. The van der Waals surface area contributed by atoms with E-state index in [1.54, 1.807) is 7.11 Å². The largest absolute Gasteiger partial charge is 0.495 e. The third-order valence-electron chi connectivity index (χ3n) is 5.51. The van der Waals surface area contributed by atoms with Crippen molar-refractivity contribution in [2.24, 2.45) is 0 Å². The summed E-state index contributed by atoms with van der Waals surface area (Å²) in [4.78, 5) is 14.8. The van der Waals surface area contributed by atoms with Crippen LogP contribution in [0.2, 0.25) is 5.02 Å². The number of halogens is 2. The van der Waals surface area contributed by atoms with Gasteiger partial charge in [0.25, 0.3) is 0 Å². The normalized spacial score (nSPS) is 14.1. The van der Waals surface area contributed by atoms with E-state index in [1.807, 2.05) is 12.1 Å². The molecular formula is C22H25ClFN6O5PS. The van der Waals surface area contributed by atoms with E-state index in [4.69, 9.17) is 16.3 Å². The molecule has 1 aliphatic heterocycles. The minimum absolute atomic E-state index is 0.0293. The lowest BCUT2D eigenvalue weighted by molar-refractivity contribution is 0.312. The fraction of sp³-hybridized carbons (Fsp3) is 0.318. The molecule has 198 valence electrons. The lowest BCUT2D eigenvalue weighted by atomic mass is 9.99. The number of nitrogens with zero attached hydrogens (tertiary/aromatic N) is 4. The maximum Gasteiger partial charge on any atom is 0.490 e. The quantitative estimate of drug-likeness (QED) is 0.302. The molecule has 0 unspecified atom stereocenters. The summed E-state index contributed by atoms with van der Waals surface area (Å²) in [7, 11) is -4.75. The zero-order valence-electron chi connectivity index (χ0n) is 20.4. The van der Waals surface area contributed by atoms with E-state index in [1.165, 1.54) is 36.7 Å². The van der Waals surface area contributed by atoms with Gasteiger partial charge >= 0.3 is 10.5 Å². The number of nitrogens with one attached hydrogen (secondary N) is 2. The van der Waals surface area contributed by atoms with Gasteiger partial charge in [0, 0.05) is 19.2 Å². The van der Waals surface area contributed by atoms with Crippen molar-refractivity contribution in [2.45, 2.75) is 13.0 Å². The molecule has 0 saturated carbocycles. The number of methoxy groups -OCH3 is 1. The number of hydrogen-bond donors (Lipinski definition) is 2. The molecular weight excluding hydrogens is 546 g/mol. The number of fused-ring (bicyclic) bond motifs is 1. The van der Waals surface area contributed by atoms with E-state index in [9.17, 15) is 16.9 Å². The molecule has 15 heteroatoms. The highest BCUT2D eigenvalue weighted by Crippen LogP contribution is 2.39. The first-order valence-corrected chi connectivity index (χ1v) is 15.3. The Kier molecular flexibility index (Phi) is 7.61. The monoisotopic (exact) mass is 570 g/mol. The molecule has 0 bridgehead atoms. The summed E-state index contributed by atoms with van der Waals surface area (Å²) in [5.41, 5.74) is 3.25. The van der Waals surface area contributed by atoms with Crippen molar-refractivity contribution in [2.75, 3.05) is 44.7 Å². The summed E-state index contributed by atoms with van der Waals surface area (Å²) in [6, 6.07) is 6.46. The predicted molar refractivity (Wildman–Crippen MR) is 141 cm³/mol. The van der Waals surface area contributed by atoms with Crippen LogP contribution in [0.5, 0.6) is 11.6 Å². The number of rotatable bonds is 8. The second-order valence-electron chi connectivity index (χ2n) is 8.80. The average Bonchev–Trinajstić information content (AvgIpc) is 2.80. The van der Waals surface area contributed by atoms with Crippen molar-refractivity contribution in [3.8, 4) is 11.6 Å². The Hall–Kier alpha value is -2.99. The highest BCUT2D eigenvalue weighted by molar-refractivity contribution is 7.81. The summed E-state index contributed by atoms with van der Waals surface area (Å²) in [5.74, 6) is 0.454. The molecule has 1 aromatic carbocycles. The summed E-state index contributed by atoms with van der Waals surface area (Å²) in [6.45, 7) is 4.61. The fourth-order valence-electron chi connectivity index (χ4n) is 3.84. The Morgan fingerprint density at radius 2 is 1.89 bits per heavy atom. The van der Waals surface area contributed by atoms with E-state index in [0.29, 0.717) is 11.4 Å². The van der Waals surface area contributed by atoms with Crippen LogP contribution < -0.4 is 25.0 Å². The minimum Gasteiger partial charge on any atom is -0.495 e. The molecule has 0 spiro atoms. The summed E-state index contributed by atoms with van der Waals surface area (Å²) in [6.07, 6.45) is 2.31. The lowest BCUT2D eigenvalue weighted by Crippen LogP contribution is -2.26. The Morgan fingerprint density at radius 1 is 1.14 bits per heavy atom. The number of benzene rings is 1. The summed E-state index contributed by atoms with van der Waals surface area (Å²) < 4.78 is 57.3. The number of aromatic nitrogens is 3. The number of anilines is 4. The van der Waals surface area contributed by atoms with E-state index in [-0.39, 0.29) is 27.9 Å². The maximum atomic E-state index is 13.0. The molecule has 2 aromatic heterocycles. The second-order valence-corrected chi connectivity index (χ2v) is 13.3. The maximum absolute atomic E-state index is 13.0. The van der Waals surface area contributed by atoms with E-state index in [2.05, 4.69) is 41.7 Å². The van der Waals surface area contributed by atoms with Gasteiger partial charge in [0.15, 0.2) is 5.82 Å². The van der Waals surface area contributed by atoms with Crippen molar-refractivity contribution < 1.29 is 25.8 Å². The third-order valence-corrected chi connectivity index (χ3v) is 7.52. The molecule has 0 aliphatic carbocycles. The first-order chi connectivity index (χ1) is 17.3. The summed E-state index contributed by atoms with van der Waals surface area (Å²) >= 11 is 6.32. The van der Waals surface area contributed by atoms with Crippen molar-refractivity contribution in [3.63, 3.8) is 0 Å². The van der Waals surface area contributed by atoms with Crippen LogP contribution in [0, 0.1) is 0 Å². The molecule has 4 rings (SSSR count). The zero-order chi connectivity index (χ0) is 27.0. The molecule has 0 amide bonds. The van der Waals surface area contributed by atoms with Gasteiger partial charge < -0.3 is 29.0 Å². The lowest BCUT2D eigenvalue weighted by Gasteiger charge is -2.26. The fourth-order valence-corrected chi connectivity index (χ4v) is 5.33. The van der Waals surface area contributed by atoms with Crippen LogP contribution >= 0.6 is 18.7 Å². The van der Waals surface area contributed by atoms with Crippen molar-refractivity contribution in [1.29, 1.82) is 0 Å². The molecule has 3 aromatic rings.